The molecule has 25 heavy (non-hydrogen) atoms. The van der Waals surface area contributed by atoms with Crippen LogP contribution in [-0.4, -0.2) is 34.7 Å². The number of aromatic nitrogens is 2. The van der Waals surface area contributed by atoms with Crippen LogP contribution in [0.5, 0.6) is 5.75 Å². The lowest BCUT2D eigenvalue weighted by Crippen LogP contribution is -2.16. The Bertz CT molecular complexity index is 935. The van der Waals surface area contributed by atoms with Crippen molar-refractivity contribution < 1.29 is 14.6 Å². The number of anilines is 1. The van der Waals surface area contributed by atoms with Crippen LogP contribution in [0.4, 0.5) is 5.82 Å². The fourth-order valence-corrected chi connectivity index (χ4v) is 3.15. The van der Waals surface area contributed by atoms with E-state index in [1.807, 2.05) is 36.5 Å². The summed E-state index contributed by atoms with van der Waals surface area (Å²) in [6.45, 7) is 0.0590. The number of H-pyrrole nitrogens is 1. The molecule has 128 valence electrons. The highest BCUT2D eigenvalue weighted by Gasteiger charge is 2.42. The smallest absolute Gasteiger partial charge is 0.229 e. The highest BCUT2D eigenvalue weighted by molar-refractivity contribution is 5.98. The SMILES string of the molecule is COc1ccccc1-c1c[nH]c2nc(NC(=O)C3CC3CO)ccc12. The number of ether oxygens (including phenoxy) is 1. The van der Waals surface area contributed by atoms with E-state index in [9.17, 15) is 4.79 Å². The maximum absolute atomic E-state index is 12.1. The molecule has 2 atom stereocenters. The molecule has 1 fully saturated rings. The van der Waals surface area contributed by atoms with Gasteiger partial charge in [0, 0.05) is 35.2 Å². The minimum absolute atomic E-state index is 0.0590. The van der Waals surface area contributed by atoms with E-state index in [1.54, 1.807) is 13.2 Å². The second kappa shape index (κ2) is 6.22. The lowest BCUT2D eigenvalue weighted by molar-refractivity contribution is -0.117. The average molecular weight is 337 g/mol. The number of rotatable bonds is 5. The number of hydrogen-bond donors (Lipinski definition) is 3. The van der Waals surface area contributed by atoms with E-state index < -0.39 is 0 Å². The Balaban J connectivity index is 1.62. The number of nitrogens with zero attached hydrogens (tertiary/aromatic N) is 1. The van der Waals surface area contributed by atoms with Gasteiger partial charge in [0.25, 0.3) is 0 Å². The van der Waals surface area contributed by atoms with E-state index in [0.29, 0.717) is 11.5 Å². The van der Waals surface area contributed by atoms with Gasteiger partial charge in [-0.1, -0.05) is 18.2 Å². The first-order chi connectivity index (χ1) is 12.2. The molecule has 6 nitrogen and oxygen atoms in total. The molecular weight excluding hydrogens is 318 g/mol. The van der Waals surface area contributed by atoms with E-state index in [2.05, 4.69) is 15.3 Å². The van der Waals surface area contributed by atoms with Crippen molar-refractivity contribution in [2.45, 2.75) is 6.42 Å². The number of fused-ring (bicyclic) bond motifs is 1. The van der Waals surface area contributed by atoms with Crippen molar-refractivity contribution in [2.24, 2.45) is 11.8 Å². The number of benzene rings is 1. The van der Waals surface area contributed by atoms with Crippen LogP contribution in [0.15, 0.2) is 42.6 Å². The first-order valence-electron chi connectivity index (χ1n) is 8.24. The van der Waals surface area contributed by atoms with Crippen molar-refractivity contribution in [1.82, 2.24) is 9.97 Å². The highest BCUT2D eigenvalue weighted by atomic mass is 16.5. The Morgan fingerprint density at radius 2 is 2.16 bits per heavy atom. The fraction of sp³-hybridized carbons (Fsp3) is 0.263. The predicted molar refractivity (Wildman–Crippen MR) is 95.4 cm³/mol. The number of aliphatic hydroxyl groups is 1. The van der Waals surface area contributed by atoms with Crippen molar-refractivity contribution in [1.29, 1.82) is 0 Å². The lowest BCUT2D eigenvalue weighted by atomic mass is 10.0. The largest absolute Gasteiger partial charge is 0.496 e. The number of carbonyl (C=O) groups is 1. The van der Waals surface area contributed by atoms with E-state index >= 15 is 0 Å². The van der Waals surface area contributed by atoms with Gasteiger partial charge < -0.3 is 20.1 Å². The van der Waals surface area contributed by atoms with E-state index in [0.717, 1.165) is 28.7 Å². The summed E-state index contributed by atoms with van der Waals surface area (Å²) in [5.74, 6) is 1.21. The van der Waals surface area contributed by atoms with Crippen molar-refractivity contribution in [2.75, 3.05) is 19.0 Å². The molecule has 3 aromatic rings. The number of aliphatic hydroxyl groups excluding tert-OH is 1. The lowest BCUT2D eigenvalue weighted by Gasteiger charge is -2.07. The summed E-state index contributed by atoms with van der Waals surface area (Å²) in [5.41, 5.74) is 2.69. The molecule has 2 aromatic heterocycles. The third-order valence-electron chi connectivity index (χ3n) is 4.68. The van der Waals surface area contributed by atoms with Gasteiger partial charge in [0.05, 0.1) is 7.11 Å². The molecule has 3 N–H and O–H groups in total. The summed E-state index contributed by atoms with van der Waals surface area (Å²) >= 11 is 0. The molecule has 1 amide bonds. The van der Waals surface area contributed by atoms with Gasteiger partial charge in [0.1, 0.15) is 17.2 Å². The van der Waals surface area contributed by atoms with Gasteiger partial charge in [0.15, 0.2) is 0 Å². The molecule has 0 aliphatic heterocycles. The number of carbonyl (C=O) groups excluding carboxylic acids is 1. The van der Waals surface area contributed by atoms with Crippen molar-refractivity contribution >= 4 is 22.8 Å². The van der Waals surface area contributed by atoms with Crippen LogP contribution in [0.25, 0.3) is 22.2 Å². The van der Waals surface area contributed by atoms with Gasteiger partial charge >= 0.3 is 0 Å². The first kappa shape index (κ1) is 15.7. The van der Waals surface area contributed by atoms with E-state index in [1.165, 1.54) is 0 Å². The molecule has 1 aromatic carbocycles. The summed E-state index contributed by atoms with van der Waals surface area (Å²) < 4.78 is 5.44. The molecular formula is C19H19N3O3. The Morgan fingerprint density at radius 1 is 1.32 bits per heavy atom. The van der Waals surface area contributed by atoms with Crippen LogP contribution in [-0.2, 0) is 4.79 Å². The third kappa shape index (κ3) is 2.85. The van der Waals surface area contributed by atoms with Gasteiger partial charge in [-0.25, -0.2) is 4.98 Å². The zero-order valence-corrected chi connectivity index (χ0v) is 13.8. The Kier molecular flexibility index (Phi) is 3.89. The number of methoxy groups -OCH3 is 1. The van der Waals surface area contributed by atoms with Gasteiger partial charge in [0.2, 0.25) is 5.91 Å². The summed E-state index contributed by atoms with van der Waals surface area (Å²) in [5, 5.41) is 12.9. The van der Waals surface area contributed by atoms with Gasteiger partial charge in [-0.2, -0.15) is 0 Å². The monoisotopic (exact) mass is 337 g/mol. The number of para-hydroxylation sites is 1. The van der Waals surface area contributed by atoms with Crippen LogP contribution in [0.2, 0.25) is 0 Å². The molecule has 2 heterocycles. The fourth-order valence-electron chi connectivity index (χ4n) is 3.15. The molecule has 0 bridgehead atoms. The van der Waals surface area contributed by atoms with Crippen LogP contribution in [0, 0.1) is 11.8 Å². The third-order valence-corrected chi connectivity index (χ3v) is 4.68. The van der Waals surface area contributed by atoms with Gasteiger partial charge in [-0.3, -0.25) is 4.79 Å². The van der Waals surface area contributed by atoms with E-state index in [4.69, 9.17) is 9.84 Å². The quantitative estimate of drug-likeness (QED) is 0.668. The van der Waals surface area contributed by atoms with Crippen molar-refractivity contribution in [3.05, 3.63) is 42.6 Å². The van der Waals surface area contributed by atoms with Gasteiger partial charge in [-0.15, -0.1) is 0 Å². The Morgan fingerprint density at radius 3 is 2.92 bits per heavy atom. The van der Waals surface area contributed by atoms with Crippen molar-refractivity contribution in [3.63, 3.8) is 0 Å². The highest BCUT2D eigenvalue weighted by Crippen LogP contribution is 2.39. The minimum atomic E-state index is -0.102. The van der Waals surface area contributed by atoms with Crippen LogP contribution < -0.4 is 10.1 Å². The molecule has 1 aliphatic rings. The number of hydrogen-bond acceptors (Lipinski definition) is 4. The second-order valence-electron chi connectivity index (χ2n) is 6.27. The molecule has 0 spiro atoms. The summed E-state index contributed by atoms with van der Waals surface area (Å²) in [4.78, 5) is 19.7. The normalized spacial score (nSPS) is 19.0. The van der Waals surface area contributed by atoms with Crippen LogP contribution in [0.1, 0.15) is 6.42 Å². The zero-order valence-electron chi connectivity index (χ0n) is 13.8. The average Bonchev–Trinajstić information content (AvgIpc) is 3.33. The van der Waals surface area contributed by atoms with E-state index in [-0.39, 0.29) is 24.3 Å². The number of aromatic amines is 1. The molecule has 6 heteroatoms. The summed E-state index contributed by atoms with van der Waals surface area (Å²) in [6.07, 6.45) is 2.63. The topological polar surface area (TPSA) is 87.2 Å². The number of amides is 1. The maximum Gasteiger partial charge on any atom is 0.229 e. The minimum Gasteiger partial charge on any atom is -0.496 e. The number of pyridine rings is 1. The molecule has 2 unspecified atom stereocenters. The Hall–Kier alpha value is -2.86. The molecule has 4 rings (SSSR count). The molecule has 1 saturated carbocycles. The zero-order chi connectivity index (χ0) is 17.4. The predicted octanol–water partition coefficient (Wildman–Crippen LogP) is 2.81. The molecule has 0 saturated heterocycles. The standard InChI is InChI=1S/C19H19N3O3/c1-25-16-5-3-2-4-12(16)15-9-20-18-13(15)6-7-17(21-18)22-19(24)14-8-11(14)10-23/h2-7,9,11,14,23H,8,10H2,1H3,(H2,20,21,22,24). The molecule has 0 radical (unpaired) electrons. The summed E-state index contributed by atoms with van der Waals surface area (Å²) in [7, 11) is 1.65. The Labute approximate surface area is 144 Å². The number of nitrogens with one attached hydrogen (secondary N) is 2. The van der Waals surface area contributed by atoms with Gasteiger partial charge in [-0.05, 0) is 30.5 Å². The van der Waals surface area contributed by atoms with Crippen LogP contribution in [0.3, 0.4) is 0 Å². The maximum atomic E-state index is 12.1. The molecule has 1 aliphatic carbocycles. The van der Waals surface area contributed by atoms with Crippen molar-refractivity contribution in [3.8, 4) is 16.9 Å². The first-order valence-corrected chi connectivity index (χ1v) is 8.24. The van der Waals surface area contributed by atoms with Crippen LogP contribution >= 0.6 is 0 Å². The summed E-state index contributed by atoms with van der Waals surface area (Å²) in [6, 6.07) is 11.5. The second-order valence-corrected chi connectivity index (χ2v) is 6.27.